The molecule has 2 saturated heterocycles. The molecule has 3 aliphatic heterocycles. The van der Waals surface area contributed by atoms with Crippen LogP contribution in [0.3, 0.4) is 0 Å². The number of carbonyl (C=O) groups excluding carboxylic acids is 5. The van der Waals surface area contributed by atoms with Crippen molar-refractivity contribution < 1.29 is 46.7 Å². The number of rotatable bonds is 8. The summed E-state index contributed by atoms with van der Waals surface area (Å²) in [6.07, 6.45) is 1.25. The van der Waals surface area contributed by atoms with Crippen molar-refractivity contribution in [2.75, 3.05) is 18.0 Å². The molecule has 0 spiro atoms. The molecule has 1 aromatic heterocycles. The smallest absolute Gasteiger partial charge is 0.392 e. The minimum Gasteiger partial charge on any atom is -0.392 e. The van der Waals surface area contributed by atoms with Crippen LogP contribution in [-0.2, 0) is 33.5 Å². The van der Waals surface area contributed by atoms with Crippen molar-refractivity contribution in [1.82, 2.24) is 20.1 Å². The number of alkyl halides is 3. The Balaban J connectivity index is 1.25. The van der Waals surface area contributed by atoms with E-state index in [1.54, 1.807) is 4.90 Å². The van der Waals surface area contributed by atoms with E-state index in [1.807, 2.05) is 0 Å². The molecular weight excluding hydrogens is 641 g/mol. The van der Waals surface area contributed by atoms with Gasteiger partial charge in [-0.05, 0) is 56.6 Å². The molecule has 4 heterocycles. The van der Waals surface area contributed by atoms with E-state index >= 15 is 0 Å². The van der Waals surface area contributed by atoms with Gasteiger partial charge >= 0.3 is 18.1 Å². The molecule has 2 atom stereocenters. The molecule has 2 aliphatic carbocycles. The van der Waals surface area contributed by atoms with Crippen molar-refractivity contribution in [2.45, 2.75) is 74.7 Å². The summed E-state index contributed by atoms with van der Waals surface area (Å²) in [6.45, 7) is 0.459. The molecule has 240 valence electrons. The van der Waals surface area contributed by atoms with E-state index in [1.165, 1.54) is 11.5 Å². The maximum Gasteiger partial charge on any atom is 0.491 e. The van der Waals surface area contributed by atoms with Crippen molar-refractivity contribution in [2.24, 2.45) is 5.16 Å². The number of carbonyl (C=O) groups is 5. The fourth-order valence-corrected chi connectivity index (χ4v) is 7.43. The number of thioether (sulfide) groups is 1. The van der Waals surface area contributed by atoms with Crippen LogP contribution in [0.4, 0.5) is 18.3 Å². The van der Waals surface area contributed by atoms with E-state index in [0.717, 1.165) is 66.5 Å². The van der Waals surface area contributed by atoms with Gasteiger partial charge in [0.25, 0.3) is 11.8 Å². The second-order valence-corrected chi connectivity index (χ2v) is 13.1. The van der Waals surface area contributed by atoms with Crippen LogP contribution in [0.25, 0.3) is 0 Å². The number of hydrogen-bond acceptors (Lipinski definition) is 12. The van der Waals surface area contributed by atoms with Crippen LogP contribution in [-0.4, -0.2) is 92.2 Å². The number of hydrogen-bond donors (Lipinski definition) is 2. The number of nitrogen functional groups attached to an aromatic ring is 1. The van der Waals surface area contributed by atoms with Crippen LogP contribution >= 0.6 is 23.1 Å². The fraction of sp³-hybridized carbons (Fsp3) is 0.519. The van der Waals surface area contributed by atoms with Gasteiger partial charge < -0.3 is 25.5 Å². The Hall–Kier alpha value is -3.93. The minimum absolute atomic E-state index is 0.0278. The number of β-lactam (4-membered cyclic amide) rings is 1. The monoisotopic (exact) mass is 668 g/mol. The molecule has 6 rings (SSSR count). The van der Waals surface area contributed by atoms with Crippen LogP contribution in [0, 0.1) is 0 Å². The highest BCUT2D eigenvalue weighted by Gasteiger charge is 2.55. The maximum atomic E-state index is 13.4. The van der Waals surface area contributed by atoms with Gasteiger partial charge in [-0.15, -0.1) is 23.1 Å². The van der Waals surface area contributed by atoms with E-state index in [4.69, 9.17) is 10.6 Å². The molecule has 13 nitrogen and oxygen atoms in total. The zero-order valence-corrected chi connectivity index (χ0v) is 25.1. The number of nitrogens with two attached hydrogens (primary N) is 1. The quantitative estimate of drug-likeness (QED) is 0.104. The molecule has 0 aromatic carbocycles. The number of esters is 2. The van der Waals surface area contributed by atoms with E-state index in [2.05, 4.69) is 20.2 Å². The number of nitrogens with zero attached hydrogens (tertiary/aromatic N) is 4. The summed E-state index contributed by atoms with van der Waals surface area (Å²) < 4.78 is 43.0. The number of anilines is 1. The average Bonchev–Trinajstić information content (AvgIpc) is 3.32. The molecule has 4 fully saturated rings. The zero-order valence-electron chi connectivity index (χ0n) is 23.5. The number of nitrogens with one attached hydrogen (secondary N) is 1. The standard InChI is InChI=1S/C27H27F3N6O7S2/c28-27(29,30)25(41)42-24(40)19-13(9-12-7-8-35(21(12)38)14-5-6-14)10-44-23-18(22(39)36(19)23)33-20(37)17(16-11-45-26(31)32-16)34-43-15-3-1-2-4-15/h9,11,14-15,18,23H,1-8,10H2,(H2,31,32)(H,33,37)/b12-9?,34-17-/t18-,23-/m1/s1. The van der Waals surface area contributed by atoms with Gasteiger partial charge in [0, 0.05) is 29.3 Å². The minimum atomic E-state index is -5.46. The van der Waals surface area contributed by atoms with E-state index in [0.29, 0.717) is 18.5 Å². The summed E-state index contributed by atoms with van der Waals surface area (Å²) in [5.74, 6) is -6.38. The Labute approximate surface area is 262 Å². The molecule has 45 heavy (non-hydrogen) atoms. The molecule has 2 saturated carbocycles. The third-order valence-corrected chi connectivity index (χ3v) is 9.94. The number of likely N-dealkylation sites (tertiary alicyclic amines) is 1. The molecule has 1 aromatic rings. The Morgan fingerprint density at radius 3 is 2.53 bits per heavy atom. The first kappa shape index (κ1) is 31.1. The summed E-state index contributed by atoms with van der Waals surface area (Å²) in [7, 11) is 0. The van der Waals surface area contributed by atoms with Crippen molar-refractivity contribution in [3.05, 3.63) is 34.0 Å². The Morgan fingerprint density at radius 1 is 1.16 bits per heavy atom. The number of aromatic nitrogens is 1. The Morgan fingerprint density at radius 2 is 1.89 bits per heavy atom. The lowest BCUT2D eigenvalue weighted by molar-refractivity contribution is -0.201. The normalized spacial score (nSPS) is 25.0. The number of allylic oxidation sites excluding steroid dienone is 1. The Kier molecular flexibility index (Phi) is 8.36. The van der Waals surface area contributed by atoms with Gasteiger partial charge in [-0.2, -0.15) is 13.2 Å². The molecular formula is C27H27F3N6O7S2. The predicted octanol–water partition coefficient (Wildman–Crippen LogP) is 2.00. The first-order valence-electron chi connectivity index (χ1n) is 14.2. The first-order chi connectivity index (χ1) is 21.4. The van der Waals surface area contributed by atoms with Crippen molar-refractivity contribution in [3.8, 4) is 0 Å². The zero-order chi connectivity index (χ0) is 32.0. The van der Waals surface area contributed by atoms with Crippen molar-refractivity contribution in [1.29, 1.82) is 0 Å². The van der Waals surface area contributed by atoms with Gasteiger partial charge in [0.15, 0.2) is 10.8 Å². The average molecular weight is 669 g/mol. The second-order valence-electron chi connectivity index (χ2n) is 11.1. The predicted molar refractivity (Wildman–Crippen MR) is 153 cm³/mol. The topological polar surface area (TPSA) is 174 Å². The summed E-state index contributed by atoms with van der Waals surface area (Å²) >= 11 is 2.18. The molecule has 0 radical (unpaired) electrons. The molecule has 5 aliphatic rings. The van der Waals surface area contributed by atoms with Crippen LogP contribution < -0.4 is 11.1 Å². The molecule has 3 N–H and O–H groups in total. The van der Waals surface area contributed by atoms with Gasteiger partial charge in [-0.1, -0.05) is 5.16 Å². The highest BCUT2D eigenvalue weighted by atomic mass is 32.2. The molecule has 3 amide bonds. The highest BCUT2D eigenvalue weighted by Crippen LogP contribution is 2.42. The Bertz CT molecular complexity index is 1550. The van der Waals surface area contributed by atoms with Gasteiger partial charge in [-0.25, -0.2) is 14.6 Å². The highest BCUT2D eigenvalue weighted by molar-refractivity contribution is 8.00. The van der Waals surface area contributed by atoms with E-state index in [-0.39, 0.29) is 45.9 Å². The van der Waals surface area contributed by atoms with Crippen LogP contribution in [0.15, 0.2) is 33.5 Å². The van der Waals surface area contributed by atoms with Gasteiger partial charge in [0.2, 0.25) is 5.91 Å². The van der Waals surface area contributed by atoms with Gasteiger partial charge in [-0.3, -0.25) is 19.3 Å². The van der Waals surface area contributed by atoms with Gasteiger partial charge in [0.05, 0.1) is 0 Å². The fourth-order valence-electron chi connectivity index (χ4n) is 5.58. The van der Waals surface area contributed by atoms with E-state index in [9.17, 15) is 37.1 Å². The third kappa shape index (κ3) is 6.29. The van der Waals surface area contributed by atoms with Crippen molar-refractivity contribution >= 4 is 63.6 Å². The summed E-state index contributed by atoms with van der Waals surface area (Å²) in [4.78, 5) is 76.5. The number of oxime groups is 1. The van der Waals surface area contributed by atoms with Gasteiger partial charge in [0.1, 0.15) is 28.9 Å². The number of fused-ring (bicyclic) bond motifs is 1. The molecule has 0 unspecified atom stereocenters. The lowest BCUT2D eigenvalue weighted by atomic mass is 10.0. The van der Waals surface area contributed by atoms with E-state index < -0.39 is 47.0 Å². The van der Waals surface area contributed by atoms with Crippen molar-refractivity contribution in [3.63, 3.8) is 0 Å². The van der Waals surface area contributed by atoms with Crippen LogP contribution in [0.2, 0.25) is 0 Å². The third-order valence-electron chi connectivity index (χ3n) is 7.96. The lowest BCUT2D eigenvalue weighted by Crippen LogP contribution is -2.71. The van der Waals surface area contributed by atoms with Crippen LogP contribution in [0.5, 0.6) is 0 Å². The SMILES string of the molecule is Nc1nc(/C(=N/OC2CCCC2)C(=O)N[C@@H]2C(=O)N3C(C(=O)OC(=O)C(F)(F)F)=C(C=C4CCN(C5CC5)C4=O)CS[C@H]23)cs1. The molecule has 18 heteroatoms. The number of thiazole rings is 1. The largest absolute Gasteiger partial charge is 0.491 e. The summed E-state index contributed by atoms with van der Waals surface area (Å²) in [6, 6.07) is -1.08. The number of amides is 3. The number of halogens is 3. The first-order valence-corrected chi connectivity index (χ1v) is 16.1. The van der Waals surface area contributed by atoms with Crippen LogP contribution in [0.1, 0.15) is 50.6 Å². The second kappa shape index (κ2) is 12.1. The number of ether oxygens (including phenoxy) is 1. The lowest BCUT2D eigenvalue weighted by Gasteiger charge is -2.49. The summed E-state index contributed by atoms with van der Waals surface area (Å²) in [5.41, 5.74) is 5.42. The summed E-state index contributed by atoms with van der Waals surface area (Å²) in [5, 5.41) is 7.31. The molecule has 0 bridgehead atoms. The maximum absolute atomic E-state index is 13.4.